The molecule has 0 radical (unpaired) electrons. The molecule has 8 heteroatoms. The van der Waals surface area contributed by atoms with Crippen molar-refractivity contribution >= 4 is 40.1 Å². The summed E-state index contributed by atoms with van der Waals surface area (Å²) in [5.74, 6) is -0.384. The summed E-state index contributed by atoms with van der Waals surface area (Å²) in [5.41, 5.74) is 4.80. The molecular formula is C33H31FN4O3. The number of ether oxygens (including phenoxy) is 1. The number of hydrogen-bond acceptors (Lipinski definition) is 5. The summed E-state index contributed by atoms with van der Waals surface area (Å²) in [6.07, 6.45) is 0. The van der Waals surface area contributed by atoms with Gasteiger partial charge in [-0.3, -0.25) is 9.59 Å². The molecule has 1 heterocycles. The fraction of sp³-hybridized carbons (Fsp3) is 0.152. The number of nitrogens with zero attached hydrogens (tertiary/aromatic N) is 2. The average Bonchev–Trinajstić information content (AvgIpc) is 3.31. The van der Waals surface area contributed by atoms with Gasteiger partial charge in [0.15, 0.2) is 0 Å². The topological polar surface area (TPSA) is 73.9 Å². The predicted molar refractivity (Wildman–Crippen MR) is 162 cm³/mol. The van der Waals surface area contributed by atoms with Crippen LogP contribution in [0.3, 0.4) is 0 Å². The fourth-order valence-corrected chi connectivity index (χ4v) is 4.76. The summed E-state index contributed by atoms with van der Waals surface area (Å²) in [5, 5.41) is 6.19. The summed E-state index contributed by atoms with van der Waals surface area (Å²) >= 11 is 0. The third kappa shape index (κ3) is 5.97. The predicted octanol–water partition coefficient (Wildman–Crippen LogP) is 5.98. The number of fused-ring (bicyclic) bond motifs is 1. The second-order valence-electron chi connectivity index (χ2n) is 9.89. The highest BCUT2D eigenvalue weighted by Gasteiger charge is 2.29. The Morgan fingerprint density at radius 1 is 0.902 bits per heavy atom. The number of anilines is 3. The summed E-state index contributed by atoms with van der Waals surface area (Å²) in [6, 6.07) is 28.4. The lowest BCUT2D eigenvalue weighted by molar-refractivity contribution is -0.110. The lowest BCUT2D eigenvalue weighted by Crippen LogP contribution is -2.37. The van der Waals surface area contributed by atoms with E-state index in [4.69, 9.17) is 4.74 Å². The zero-order chi connectivity index (χ0) is 28.9. The normalized spacial score (nSPS) is 13.4. The molecule has 208 valence electrons. The molecule has 41 heavy (non-hydrogen) atoms. The molecule has 0 aliphatic carbocycles. The van der Waals surface area contributed by atoms with Crippen molar-refractivity contribution in [1.82, 2.24) is 4.90 Å². The van der Waals surface area contributed by atoms with E-state index in [2.05, 4.69) is 10.6 Å². The van der Waals surface area contributed by atoms with Crippen LogP contribution in [-0.2, 0) is 4.79 Å². The number of amides is 2. The standard InChI is InChI=1S/C33H31FN4O3/c1-37(2)19-20-38(33(40)27-11-7-8-12-29(27)41-3)25-16-14-24(15-17-25)35-31(22-9-5-4-6-10-22)30-26-18-13-23(34)21-28(26)36-32(30)39/h4-18,21,35H,19-20H2,1-3H3,(H,36,39)/b31-30-. The number of likely N-dealkylation sites (N-methyl/N-ethyl adjacent to an activating group) is 1. The van der Waals surface area contributed by atoms with Crippen LogP contribution in [0.15, 0.2) is 97.1 Å². The summed E-state index contributed by atoms with van der Waals surface area (Å²) < 4.78 is 19.3. The Morgan fingerprint density at radius 3 is 2.32 bits per heavy atom. The molecule has 0 saturated carbocycles. The van der Waals surface area contributed by atoms with Crippen molar-refractivity contribution in [3.63, 3.8) is 0 Å². The van der Waals surface area contributed by atoms with Crippen molar-refractivity contribution in [1.29, 1.82) is 0 Å². The van der Waals surface area contributed by atoms with Crippen molar-refractivity contribution in [2.75, 3.05) is 49.8 Å². The largest absolute Gasteiger partial charge is 0.496 e. The minimum absolute atomic E-state index is 0.163. The van der Waals surface area contributed by atoms with E-state index >= 15 is 0 Å². The molecular weight excluding hydrogens is 519 g/mol. The highest BCUT2D eigenvalue weighted by atomic mass is 19.1. The maximum absolute atomic E-state index is 13.9. The van der Waals surface area contributed by atoms with E-state index in [-0.39, 0.29) is 11.8 Å². The number of para-hydroxylation sites is 1. The van der Waals surface area contributed by atoms with Crippen molar-refractivity contribution in [2.24, 2.45) is 0 Å². The van der Waals surface area contributed by atoms with Crippen LogP contribution in [0.1, 0.15) is 21.5 Å². The number of carbonyl (C=O) groups excluding carboxylic acids is 2. The Hall–Kier alpha value is -4.95. The Morgan fingerprint density at radius 2 is 1.61 bits per heavy atom. The first kappa shape index (κ1) is 27.6. The third-order valence-corrected chi connectivity index (χ3v) is 6.84. The lowest BCUT2D eigenvalue weighted by Gasteiger charge is -2.26. The summed E-state index contributed by atoms with van der Waals surface area (Å²) in [7, 11) is 5.47. The van der Waals surface area contributed by atoms with Gasteiger partial charge in [-0.1, -0.05) is 42.5 Å². The molecule has 2 N–H and O–H groups in total. The Labute approximate surface area is 238 Å². The molecule has 4 aromatic carbocycles. The van der Waals surface area contributed by atoms with E-state index in [0.29, 0.717) is 46.9 Å². The van der Waals surface area contributed by atoms with E-state index in [1.807, 2.05) is 85.7 Å². The van der Waals surface area contributed by atoms with Crippen LogP contribution in [0.4, 0.5) is 21.5 Å². The van der Waals surface area contributed by atoms with Gasteiger partial charge in [0.05, 0.1) is 29.6 Å². The van der Waals surface area contributed by atoms with Crippen LogP contribution < -0.4 is 20.3 Å². The molecule has 2 amide bonds. The SMILES string of the molecule is COc1ccccc1C(=O)N(CCN(C)C)c1ccc(N/C(=C2\C(=O)Nc3cc(F)ccc32)c2ccccc2)cc1. The summed E-state index contributed by atoms with van der Waals surface area (Å²) in [4.78, 5) is 30.5. The molecule has 0 atom stereocenters. The average molecular weight is 551 g/mol. The molecule has 0 fully saturated rings. The third-order valence-electron chi connectivity index (χ3n) is 6.84. The smallest absolute Gasteiger partial charge is 0.262 e. The maximum atomic E-state index is 13.9. The van der Waals surface area contributed by atoms with Gasteiger partial charge in [0.25, 0.3) is 11.8 Å². The fourth-order valence-electron chi connectivity index (χ4n) is 4.76. The second-order valence-corrected chi connectivity index (χ2v) is 9.89. The van der Waals surface area contributed by atoms with E-state index in [1.54, 1.807) is 30.2 Å². The molecule has 5 rings (SSSR count). The van der Waals surface area contributed by atoms with Gasteiger partial charge < -0.3 is 25.2 Å². The first-order chi connectivity index (χ1) is 19.9. The number of methoxy groups -OCH3 is 1. The number of rotatable bonds is 9. The van der Waals surface area contributed by atoms with Gasteiger partial charge in [-0.2, -0.15) is 0 Å². The first-order valence-electron chi connectivity index (χ1n) is 13.2. The van der Waals surface area contributed by atoms with Crippen molar-refractivity contribution in [2.45, 2.75) is 0 Å². The van der Waals surface area contributed by atoms with Gasteiger partial charge >= 0.3 is 0 Å². The van der Waals surface area contributed by atoms with Crippen LogP contribution in [0.5, 0.6) is 5.75 Å². The molecule has 0 spiro atoms. The first-order valence-corrected chi connectivity index (χ1v) is 13.2. The number of halogens is 1. The van der Waals surface area contributed by atoms with Gasteiger partial charge in [-0.15, -0.1) is 0 Å². The zero-order valence-corrected chi connectivity index (χ0v) is 23.1. The van der Waals surface area contributed by atoms with Gasteiger partial charge in [-0.25, -0.2) is 4.39 Å². The number of hydrogen-bond donors (Lipinski definition) is 2. The van der Waals surface area contributed by atoms with E-state index in [0.717, 1.165) is 16.9 Å². The minimum Gasteiger partial charge on any atom is -0.496 e. The molecule has 1 aliphatic heterocycles. The highest BCUT2D eigenvalue weighted by molar-refractivity contribution is 6.37. The molecule has 0 saturated heterocycles. The van der Waals surface area contributed by atoms with E-state index < -0.39 is 5.82 Å². The van der Waals surface area contributed by atoms with Crippen LogP contribution >= 0.6 is 0 Å². The number of benzene rings is 4. The number of nitrogens with one attached hydrogen (secondary N) is 2. The molecule has 1 aliphatic rings. The van der Waals surface area contributed by atoms with Gasteiger partial charge in [0.1, 0.15) is 11.6 Å². The zero-order valence-electron chi connectivity index (χ0n) is 23.1. The Bertz CT molecular complexity index is 1600. The van der Waals surface area contributed by atoms with Crippen molar-refractivity contribution in [3.8, 4) is 5.75 Å². The van der Waals surface area contributed by atoms with Crippen LogP contribution in [0.2, 0.25) is 0 Å². The molecule has 7 nitrogen and oxygen atoms in total. The molecule has 0 bridgehead atoms. The molecule has 0 aromatic heterocycles. The van der Waals surface area contributed by atoms with E-state index in [1.165, 1.54) is 12.1 Å². The maximum Gasteiger partial charge on any atom is 0.262 e. The molecule has 4 aromatic rings. The van der Waals surface area contributed by atoms with Gasteiger partial charge in [-0.05, 0) is 74.3 Å². The van der Waals surface area contributed by atoms with E-state index in [9.17, 15) is 14.0 Å². The quantitative estimate of drug-likeness (QED) is 0.251. The lowest BCUT2D eigenvalue weighted by atomic mass is 10.00. The Balaban J connectivity index is 1.50. The van der Waals surface area contributed by atoms with Crippen LogP contribution in [0, 0.1) is 5.82 Å². The minimum atomic E-state index is -0.420. The van der Waals surface area contributed by atoms with Crippen molar-refractivity contribution in [3.05, 3.63) is 120 Å². The van der Waals surface area contributed by atoms with Gasteiger partial charge in [0.2, 0.25) is 0 Å². The van der Waals surface area contributed by atoms with Crippen LogP contribution in [-0.4, -0.2) is 51.0 Å². The van der Waals surface area contributed by atoms with Crippen LogP contribution in [0.25, 0.3) is 11.3 Å². The number of carbonyl (C=O) groups is 2. The second kappa shape index (κ2) is 12.1. The monoisotopic (exact) mass is 550 g/mol. The summed E-state index contributed by atoms with van der Waals surface area (Å²) in [6.45, 7) is 1.14. The molecule has 0 unspecified atom stereocenters. The Kier molecular flexibility index (Phi) is 8.12. The van der Waals surface area contributed by atoms with Crippen molar-refractivity contribution < 1.29 is 18.7 Å². The highest BCUT2D eigenvalue weighted by Crippen LogP contribution is 2.38. The van der Waals surface area contributed by atoms with Gasteiger partial charge in [0, 0.05) is 30.0 Å².